The van der Waals surface area contributed by atoms with Crippen molar-refractivity contribution in [3.05, 3.63) is 42.1 Å². The van der Waals surface area contributed by atoms with Crippen molar-refractivity contribution >= 4 is 28.7 Å². The minimum Gasteiger partial charge on any atom is -0.861 e. The highest BCUT2D eigenvalue weighted by molar-refractivity contribution is 8.14. The third-order valence-corrected chi connectivity index (χ3v) is 4.13. The maximum atomic E-state index is 12.0. The summed E-state index contributed by atoms with van der Waals surface area (Å²) in [5.74, 6) is -0.251. The molecule has 1 aromatic heterocycles. The summed E-state index contributed by atoms with van der Waals surface area (Å²) >= 11 is 1.11. The van der Waals surface area contributed by atoms with Crippen LogP contribution in [0.2, 0.25) is 0 Å². The third-order valence-electron chi connectivity index (χ3n) is 2.97. The number of thioether (sulfide) groups is 1. The summed E-state index contributed by atoms with van der Waals surface area (Å²) in [5, 5.41) is 17.4. The number of nitrogens with zero attached hydrogens (tertiary/aromatic N) is 4. The summed E-state index contributed by atoms with van der Waals surface area (Å²) < 4.78 is 4.95. The van der Waals surface area contributed by atoms with Crippen molar-refractivity contribution in [2.45, 2.75) is 6.92 Å². The number of carbonyl (C=O) groups excluding carboxylic acids is 1. The van der Waals surface area contributed by atoms with Crippen LogP contribution in [0.3, 0.4) is 0 Å². The van der Waals surface area contributed by atoms with Crippen molar-refractivity contribution in [3.8, 4) is 0 Å². The normalized spacial score (nSPS) is 12.9. The molecular formula is C15H18N4O3S. The van der Waals surface area contributed by atoms with Crippen molar-refractivity contribution in [3.63, 3.8) is 0 Å². The van der Waals surface area contributed by atoms with Crippen LogP contribution in [0.1, 0.15) is 17.3 Å². The van der Waals surface area contributed by atoms with Crippen LogP contribution >= 0.6 is 11.8 Å². The molecule has 0 aliphatic heterocycles. The molecule has 23 heavy (non-hydrogen) atoms. The fourth-order valence-electron chi connectivity index (χ4n) is 1.62. The number of benzene rings is 1. The van der Waals surface area contributed by atoms with E-state index >= 15 is 0 Å². The summed E-state index contributed by atoms with van der Waals surface area (Å²) in [6, 6.07) is 8.97. The van der Waals surface area contributed by atoms with E-state index in [1.54, 1.807) is 38.2 Å². The van der Waals surface area contributed by atoms with E-state index in [9.17, 15) is 9.90 Å². The van der Waals surface area contributed by atoms with Crippen LogP contribution in [0.15, 0.2) is 46.0 Å². The van der Waals surface area contributed by atoms with Crippen molar-refractivity contribution < 1.29 is 19.2 Å². The topological polar surface area (TPSA) is 85.6 Å². The number of carbonyl (C=O) groups is 1. The predicted molar refractivity (Wildman–Crippen MR) is 86.3 cm³/mol. The van der Waals surface area contributed by atoms with Gasteiger partial charge in [0.15, 0.2) is 0 Å². The summed E-state index contributed by atoms with van der Waals surface area (Å²) in [5.41, 5.74) is 0.622. The Morgan fingerprint density at radius 1 is 1.43 bits per heavy atom. The highest BCUT2D eigenvalue weighted by atomic mass is 32.2. The fourth-order valence-corrected chi connectivity index (χ4v) is 2.46. The molecule has 2 rings (SSSR count). The molecule has 0 saturated carbocycles. The van der Waals surface area contributed by atoms with Crippen molar-refractivity contribution in [2.24, 2.45) is 10.9 Å². The van der Waals surface area contributed by atoms with Gasteiger partial charge in [0.05, 0.1) is 18.9 Å². The molecule has 0 aliphatic rings. The fraction of sp³-hybridized carbons (Fsp3) is 0.333. The molecule has 0 fully saturated rings. The van der Waals surface area contributed by atoms with Gasteiger partial charge in [-0.25, -0.2) is 4.99 Å². The van der Waals surface area contributed by atoms with Gasteiger partial charge in [0.2, 0.25) is 10.4 Å². The number of aliphatic imine (C=N–C) groups is 1. The van der Waals surface area contributed by atoms with Crippen LogP contribution in [-0.2, 0) is 0 Å². The van der Waals surface area contributed by atoms with Gasteiger partial charge in [-0.1, -0.05) is 49.0 Å². The zero-order valence-electron chi connectivity index (χ0n) is 13.2. The lowest BCUT2D eigenvalue weighted by Gasteiger charge is -2.16. The lowest BCUT2D eigenvalue weighted by Crippen LogP contribution is -2.53. The Morgan fingerprint density at radius 2 is 2.13 bits per heavy atom. The Kier molecular flexibility index (Phi) is 5.75. The van der Waals surface area contributed by atoms with Crippen molar-refractivity contribution in [1.29, 1.82) is 0 Å². The van der Waals surface area contributed by atoms with Crippen LogP contribution in [-0.4, -0.2) is 36.1 Å². The van der Waals surface area contributed by atoms with Gasteiger partial charge in [0, 0.05) is 11.3 Å². The van der Waals surface area contributed by atoms with E-state index in [1.807, 2.05) is 18.2 Å². The predicted octanol–water partition coefficient (Wildman–Crippen LogP) is 0.760. The molecule has 1 heterocycles. The molecule has 1 atom stereocenters. The molecule has 0 unspecified atom stereocenters. The molecule has 0 spiro atoms. The second kappa shape index (κ2) is 7.77. The average Bonchev–Trinajstić information content (AvgIpc) is 3.01. The summed E-state index contributed by atoms with van der Waals surface area (Å²) in [4.78, 5) is 17.3. The molecule has 0 N–H and O–H groups in total. The molecule has 0 saturated heterocycles. The van der Waals surface area contributed by atoms with Crippen molar-refractivity contribution in [1.82, 2.24) is 5.27 Å². The van der Waals surface area contributed by atoms with E-state index in [0.717, 1.165) is 11.8 Å². The standard InChI is InChI=1S/C15H18N4O3S/c1-11(10-23-15(21)12-7-5-4-6-8-12)14(20)16-13-9-19(17-22-13)18(2)3/h4-9,11H,10H2,1-3H3/t11-/m1/s1. The van der Waals surface area contributed by atoms with Gasteiger partial charge >= 0.3 is 5.88 Å². The quantitative estimate of drug-likeness (QED) is 0.440. The first kappa shape index (κ1) is 17.0. The van der Waals surface area contributed by atoms with Crippen LogP contribution in [0, 0.1) is 5.92 Å². The summed E-state index contributed by atoms with van der Waals surface area (Å²) in [6.45, 7) is 1.73. The van der Waals surface area contributed by atoms with E-state index in [1.165, 1.54) is 11.0 Å². The molecular weight excluding hydrogens is 316 g/mol. The SMILES string of the molecule is C[C@H](CSC(=O)c1ccccc1)C([O-])=Nc1c[n+](N(C)C)no1. The molecule has 0 aliphatic carbocycles. The first-order chi connectivity index (χ1) is 11.0. The minimum atomic E-state index is -0.398. The van der Waals surface area contributed by atoms with E-state index in [2.05, 4.69) is 10.3 Å². The van der Waals surface area contributed by atoms with Gasteiger partial charge in [0.1, 0.15) is 0 Å². The Balaban J connectivity index is 1.92. The lowest BCUT2D eigenvalue weighted by molar-refractivity contribution is -0.753. The monoisotopic (exact) mass is 334 g/mol. The molecule has 2 aromatic rings. The smallest absolute Gasteiger partial charge is 0.324 e. The average molecular weight is 334 g/mol. The molecule has 1 aromatic carbocycles. The molecule has 8 heteroatoms. The second-order valence-electron chi connectivity index (χ2n) is 5.12. The number of rotatable bonds is 6. The first-order valence-electron chi connectivity index (χ1n) is 7.01. The first-order valence-corrected chi connectivity index (χ1v) is 8.00. The Morgan fingerprint density at radius 3 is 2.74 bits per heavy atom. The van der Waals surface area contributed by atoms with Crippen molar-refractivity contribution in [2.75, 3.05) is 24.9 Å². The highest BCUT2D eigenvalue weighted by Crippen LogP contribution is 2.17. The molecule has 0 radical (unpaired) electrons. The maximum absolute atomic E-state index is 12.0. The number of aromatic nitrogens is 2. The van der Waals surface area contributed by atoms with Gasteiger partial charge in [-0.05, 0) is 11.8 Å². The minimum absolute atomic E-state index is 0.0598. The highest BCUT2D eigenvalue weighted by Gasteiger charge is 2.14. The largest absolute Gasteiger partial charge is 0.861 e. The lowest BCUT2D eigenvalue weighted by atomic mass is 10.2. The Hall–Kier alpha value is -2.35. The molecule has 0 bridgehead atoms. The third kappa shape index (κ3) is 4.82. The molecule has 122 valence electrons. The van der Waals surface area contributed by atoms with Gasteiger partial charge in [-0.2, -0.15) is 5.01 Å². The summed E-state index contributed by atoms with van der Waals surface area (Å²) in [7, 11) is 3.56. The molecule has 0 amide bonds. The van der Waals surface area contributed by atoms with Gasteiger partial charge in [0.25, 0.3) is 6.20 Å². The second-order valence-corrected chi connectivity index (χ2v) is 6.12. The Labute approximate surface area is 138 Å². The maximum Gasteiger partial charge on any atom is 0.324 e. The van der Waals surface area contributed by atoms with Gasteiger partial charge in [-0.15, -0.1) is 0 Å². The Bertz CT molecular complexity index is 685. The van der Waals surface area contributed by atoms with E-state index < -0.39 is 5.92 Å². The van der Waals surface area contributed by atoms with Crippen LogP contribution in [0.25, 0.3) is 0 Å². The van der Waals surface area contributed by atoms with Crippen LogP contribution < -0.4 is 14.9 Å². The van der Waals surface area contributed by atoms with Gasteiger partial charge < -0.3 is 5.11 Å². The van der Waals surface area contributed by atoms with Crippen LogP contribution in [0.5, 0.6) is 0 Å². The zero-order valence-corrected chi connectivity index (χ0v) is 14.0. The summed E-state index contributed by atoms with van der Waals surface area (Å²) in [6.07, 6.45) is 1.51. The van der Waals surface area contributed by atoms with E-state index in [0.29, 0.717) is 11.3 Å². The van der Waals surface area contributed by atoms with E-state index in [-0.39, 0.29) is 16.9 Å². The van der Waals surface area contributed by atoms with Crippen LogP contribution in [0.4, 0.5) is 5.88 Å². The number of hydrogen-bond acceptors (Lipinski definition) is 7. The van der Waals surface area contributed by atoms with E-state index in [4.69, 9.17) is 4.52 Å². The zero-order chi connectivity index (χ0) is 16.8. The number of hydrogen-bond donors (Lipinski definition) is 0. The van der Waals surface area contributed by atoms with Gasteiger partial charge in [-0.3, -0.25) is 9.32 Å². The molecule has 7 nitrogen and oxygen atoms in total.